The third kappa shape index (κ3) is 3.90. The van der Waals surface area contributed by atoms with Crippen LogP contribution in [0.3, 0.4) is 0 Å². The third-order valence-corrected chi connectivity index (χ3v) is 8.25. The number of amides is 1. The molecule has 2 N–H and O–H groups in total. The van der Waals surface area contributed by atoms with Crippen LogP contribution in [0.5, 0.6) is 5.75 Å². The van der Waals surface area contributed by atoms with Gasteiger partial charge in [0.1, 0.15) is 23.3 Å². The Kier molecular flexibility index (Phi) is 5.95. The van der Waals surface area contributed by atoms with Crippen molar-refractivity contribution >= 4 is 15.9 Å². The predicted octanol–water partition coefficient (Wildman–Crippen LogP) is 0.165. The lowest BCUT2D eigenvalue weighted by atomic mass is 9.84. The van der Waals surface area contributed by atoms with Crippen molar-refractivity contribution in [2.45, 2.75) is 42.5 Å². The average Bonchev–Trinajstić information content (AvgIpc) is 3.34. The molecule has 0 unspecified atom stereocenters. The molecule has 0 atom stereocenters. The Hall–Kier alpha value is -2.57. The molecule has 2 saturated heterocycles. The highest BCUT2D eigenvalue weighted by molar-refractivity contribution is 7.89. The second-order valence-electron chi connectivity index (χ2n) is 7.94. The summed E-state index contributed by atoms with van der Waals surface area (Å²) in [5.41, 5.74) is 5.58. The Balaban J connectivity index is 1.56. The molecule has 31 heavy (non-hydrogen) atoms. The zero-order chi connectivity index (χ0) is 22.1. The van der Waals surface area contributed by atoms with Crippen molar-refractivity contribution in [1.82, 2.24) is 29.4 Å². The van der Waals surface area contributed by atoms with Crippen LogP contribution in [0.15, 0.2) is 29.4 Å². The summed E-state index contributed by atoms with van der Waals surface area (Å²) in [6.07, 6.45) is 5.40. The van der Waals surface area contributed by atoms with Gasteiger partial charge >= 0.3 is 0 Å². The van der Waals surface area contributed by atoms with Crippen LogP contribution in [0.1, 0.15) is 32.1 Å². The van der Waals surface area contributed by atoms with Crippen LogP contribution in [-0.2, 0) is 14.8 Å². The molecule has 12 heteroatoms. The highest BCUT2D eigenvalue weighted by Crippen LogP contribution is 2.34. The molecule has 3 heterocycles. The van der Waals surface area contributed by atoms with E-state index in [0.717, 1.165) is 32.4 Å². The number of methoxy groups -OCH3 is 1. The maximum Gasteiger partial charge on any atom is 0.243 e. The largest absolute Gasteiger partial charge is 0.494 e. The molecule has 0 spiro atoms. The van der Waals surface area contributed by atoms with Crippen molar-refractivity contribution in [3.63, 3.8) is 0 Å². The van der Waals surface area contributed by atoms with E-state index in [4.69, 9.17) is 10.5 Å². The summed E-state index contributed by atoms with van der Waals surface area (Å²) in [5.74, 6) is -0.0240. The van der Waals surface area contributed by atoms with Crippen molar-refractivity contribution in [3.05, 3.63) is 24.5 Å². The van der Waals surface area contributed by atoms with Gasteiger partial charge < -0.3 is 10.5 Å². The van der Waals surface area contributed by atoms with E-state index in [0.29, 0.717) is 24.3 Å². The number of hydrogen-bond acceptors (Lipinski definition) is 8. The summed E-state index contributed by atoms with van der Waals surface area (Å²) in [4.78, 5) is 14.7. The van der Waals surface area contributed by atoms with Crippen molar-refractivity contribution in [2.75, 3.05) is 33.3 Å². The molecule has 2 aromatic rings. The molecule has 1 aromatic heterocycles. The zero-order valence-corrected chi connectivity index (χ0v) is 18.3. The first-order chi connectivity index (χ1) is 14.9. The van der Waals surface area contributed by atoms with E-state index in [9.17, 15) is 13.2 Å². The predicted molar refractivity (Wildman–Crippen MR) is 111 cm³/mol. The van der Waals surface area contributed by atoms with E-state index in [-0.39, 0.29) is 23.9 Å². The minimum atomic E-state index is -3.77. The summed E-state index contributed by atoms with van der Waals surface area (Å²) >= 11 is 0. The van der Waals surface area contributed by atoms with E-state index < -0.39 is 15.6 Å². The average molecular weight is 450 g/mol. The van der Waals surface area contributed by atoms with Crippen LogP contribution < -0.4 is 10.5 Å². The Morgan fingerprint density at radius 3 is 2.42 bits per heavy atom. The van der Waals surface area contributed by atoms with E-state index in [1.54, 1.807) is 6.07 Å². The smallest absolute Gasteiger partial charge is 0.243 e. The molecule has 0 radical (unpaired) electrons. The first-order valence-electron chi connectivity index (χ1n) is 10.3. The number of hydrogen-bond donors (Lipinski definition) is 1. The lowest BCUT2D eigenvalue weighted by Crippen LogP contribution is -2.63. The Morgan fingerprint density at radius 1 is 1.13 bits per heavy atom. The lowest BCUT2D eigenvalue weighted by molar-refractivity contribution is -0.134. The maximum absolute atomic E-state index is 13.3. The molecule has 168 valence electrons. The summed E-state index contributed by atoms with van der Waals surface area (Å²) in [7, 11) is -2.31. The molecule has 1 aromatic carbocycles. The number of nitrogens with zero attached hydrogens (tertiary/aromatic N) is 6. The maximum atomic E-state index is 13.3. The second-order valence-corrected chi connectivity index (χ2v) is 9.87. The van der Waals surface area contributed by atoms with Crippen LogP contribution in [0, 0.1) is 0 Å². The topological polar surface area (TPSA) is 137 Å². The fraction of sp³-hybridized carbons (Fsp3) is 0.579. The normalized spacial score (nSPS) is 20.4. The van der Waals surface area contributed by atoms with Gasteiger partial charge in [0.15, 0.2) is 0 Å². The number of primary amides is 1. The van der Waals surface area contributed by atoms with Crippen LogP contribution in [0.25, 0.3) is 5.69 Å². The van der Waals surface area contributed by atoms with Gasteiger partial charge in [-0.15, -0.1) is 5.10 Å². The third-order valence-electron chi connectivity index (χ3n) is 6.35. The van der Waals surface area contributed by atoms with Gasteiger partial charge in [-0.25, -0.2) is 8.42 Å². The number of ether oxygens (including phenoxy) is 1. The second kappa shape index (κ2) is 8.52. The first-order valence-corrected chi connectivity index (χ1v) is 11.8. The first kappa shape index (κ1) is 21.7. The number of carbonyl (C=O) groups excluding carboxylic acids is 1. The highest BCUT2D eigenvalue weighted by atomic mass is 32.2. The molecule has 2 aliphatic rings. The number of sulfonamides is 1. The molecular weight excluding hydrogens is 422 g/mol. The van der Waals surface area contributed by atoms with E-state index in [2.05, 4.69) is 20.4 Å². The summed E-state index contributed by atoms with van der Waals surface area (Å²) < 4.78 is 34.8. The monoisotopic (exact) mass is 449 g/mol. The number of carbonyl (C=O) groups is 1. The molecule has 2 fully saturated rings. The standard InChI is InChI=1S/C19H27N7O4S/c1-30-17-13-15(5-6-16(17)26-14-21-22-23-26)31(28,29)25-11-7-19(8-12-25,18(20)27)24-9-3-2-4-10-24/h5-6,13-14H,2-4,7-12H2,1H3,(H2,20,27). The fourth-order valence-corrected chi connectivity index (χ4v) is 6.02. The highest BCUT2D eigenvalue weighted by Gasteiger charge is 2.47. The molecular formula is C19H27N7O4S. The van der Waals surface area contributed by atoms with Crippen LogP contribution in [-0.4, -0.2) is 82.6 Å². The van der Waals surface area contributed by atoms with Crippen LogP contribution >= 0.6 is 0 Å². The number of rotatable bonds is 6. The van der Waals surface area contributed by atoms with Gasteiger partial charge in [0, 0.05) is 19.2 Å². The quantitative estimate of drug-likeness (QED) is 0.659. The summed E-state index contributed by atoms with van der Waals surface area (Å²) in [6, 6.07) is 4.58. The fourth-order valence-electron chi connectivity index (χ4n) is 4.57. The van der Waals surface area contributed by atoms with Gasteiger partial charge in [-0.3, -0.25) is 9.69 Å². The molecule has 0 aliphatic carbocycles. The summed E-state index contributed by atoms with van der Waals surface area (Å²) in [5, 5.41) is 11.0. The Morgan fingerprint density at radius 2 is 1.84 bits per heavy atom. The summed E-state index contributed by atoms with van der Waals surface area (Å²) in [6.45, 7) is 2.12. The number of aromatic nitrogens is 4. The lowest BCUT2D eigenvalue weighted by Gasteiger charge is -2.47. The van der Waals surface area contributed by atoms with E-state index in [1.807, 2.05) is 0 Å². The van der Waals surface area contributed by atoms with Crippen molar-refractivity contribution in [2.24, 2.45) is 5.73 Å². The minimum absolute atomic E-state index is 0.116. The van der Waals surface area contributed by atoms with E-state index >= 15 is 0 Å². The minimum Gasteiger partial charge on any atom is -0.494 e. The SMILES string of the molecule is COc1cc(S(=O)(=O)N2CCC(C(N)=O)(N3CCCCC3)CC2)ccc1-n1cnnn1. The van der Waals surface area contributed by atoms with Crippen molar-refractivity contribution < 1.29 is 17.9 Å². The van der Waals surface area contributed by atoms with Gasteiger partial charge in [0.25, 0.3) is 0 Å². The van der Waals surface area contributed by atoms with Crippen LogP contribution in [0.2, 0.25) is 0 Å². The van der Waals surface area contributed by atoms with Gasteiger partial charge in [0.2, 0.25) is 15.9 Å². The van der Waals surface area contributed by atoms with Gasteiger partial charge in [-0.2, -0.15) is 8.99 Å². The Bertz CT molecular complexity index is 1030. The molecule has 4 rings (SSSR count). The zero-order valence-electron chi connectivity index (χ0n) is 17.5. The molecule has 2 aliphatic heterocycles. The van der Waals surface area contributed by atoms with Gasteiger partial charge in [-0.05, 0) is 61.3 Å². The number of likely N-dealkylation sites (tertiary alicyclic amines) is 1. The number of piperidine rings is 2. The van der Waals surface area contributed by atoms with Crippen molar-refractivity contribution in [1.29, 1.82) is 0 Å². The molecule has 1 amide bonds. The molecule has 0 saturated carbocycles. The molecule has 11 nitrogen and oxygen atoms in total. The van der Waals surface area contributed by atoms with Crippen molar-refractivity contribution in [3.8, 4) is 11.4 Å². The Labute approximate surface area is 181 Å². The number of nitrogens with two attached hydrogens (primary N) is 1. The van der Waals surface area contributed by atoms with Crippen LogP contribution in [0.4, 0.5) is 0 Å². The van der Waals surface area contributed by atoms with Gasteiger partial charge in [0.05, 0.1) is 12.0 Å². The van der Waals surface area contributed by atoms with Gasteiger partial charge in [-0.1, -0.05) is 6.42 Å². The number of tetrazole rings is 1. The molecule has 0 bridgehead atoms. The van der Waals surface area contributed by atoms with E-state index in [1.165, 1.54) is 34.6 Å². The number of benzene rings is 1.